The maximum Gasteiger partial charge on any atom is 0.338 e. The van der Waals surface area contributed by atoms with Crippen LogP contribution in [0.15, 0.2) is 42.5 Å². The monoisotopic (exact) mass is 313 g/mol. The van der Waals surface area contributed by atoms with Gasteiger partial charge in [0.25, 0.3) is 5.91 Å². The number of carbonyl (C=O) groups is 2. The van der Waals surface area contributed by atoms with E-state index < -0.39 is 5.97 Å². The van der Waals surface area contributed by atoms with Crippen LogP contribution in [0.2, 0.25) is 0 Å². The number of nitrogens with one attached hydrogen (secondary N) is 1. The lowest BCUT2D eigenvalue weighted by molar-refractivity contribution is 0.0526. The van der Waals surface area contributed by atoms with Gasteiger partial charge in [0.15, 0.2) is 11.5 Å². The minimum absolute atomic E-state index is 0.105. The van der Waals surface area contributed by atoms with Crippen molar-refractivity contribution >= 4 is 17.6 Å². The topological polar surface area (TPSA) is 73.9 Å². The van der Waals surface area contributed by atoms with E-state index in [1.165, 1.54) is 0 Å². The van der Waals surface area contributed by atoms with Gasteiger partial charge in [0.1, 0.15) is 0 Å². The molecular formula is C17H15NO5. The number of hydrogen-bond acceptors (Lipinski definition) is 5. The van der Waals surface area contributed by atoms with Crippen LogP contribution in [-0.2, 0) is 4.74 Å². The van der Waals surface area contributed by atoms with Crippen molar-refractivity contribution in [2.24, 2.45) is 0 Å². The molecule has 2 aromatic rings. The van der Waals surface area contributed by atoms with Crippen LogP contribution in [0.1, 0.15) is 27.6 Å². The molecule has 0 aliphatic carbocycles. The van der Waals surface area contributed by atoms with E-state index in [0.717, 1.165) is 0 Å². The molecule has 1 aliphatic heterocycles. The highest BCUT2D eigenvalue weighted by Crippen LogP contribution is 2.35. The van der Waals surface area contributed by atoms with Gasteiger partial charge in [-0.1, -0.05) is 6.07 Å². The van der Waals surface area contributed by atoms with E-state index >= 15 is 0 Å². The second-order valence-electron chi connectivity index (χ2n) is 4.79. The van der Waals surface area contributed by atoms with Crippen molar-refractivity contribution in [3.05, 3.63) is 53.6 Å². The Hall–Kier alpha value is -3.02. The maximum atomic E-state index is 12.4. The van der Waals surface area contributed by atoms with Crippen LogP contribution in [0, 0.1) is 0 Å². The molecule has 23 heavy (non-hydrogen) atoms. The molecule has 6 nitrogen and oxygen atoms in total. The number of anilines is 1. The van der Waals surface area contributed by atoms with Gasteiger partial charge in [-0.25, -0.2) is 4.79 Å². The highest BCUT2D eigenvalue weighted by atomic mass is 16.7. The van der Waals surface area contributed by atoms with Gasteiger partial charge in [-0.05, 0) is 43.3 Å². The van der Waals surface area contributed by atoms with E-state index in [9.17, 15) is 9.59 Å². The summed E-state index contributed by atoms with van der Waals surface area (Å²) >= 11 is 0. The highest BCUT2D eigenvalue weighted by Gasteiger charge is 2.21. The first-order valence-electron chi connectivity index (χ1n) is 7.16. The molecule has 118 valence electrons. The first kappa shape index (κ1) is 14.9. The van der Waals surface area contributed by atoms with Gasteiger partial charge in [-0.3, -0.25) is 4.79 Å². The number of amides is 1. The second-order valence-corrected chi connectivity index (χ2v) is 4.79. The van der Waals surface area contributed by atoms with Crippen molar-refractivity contribution in [1.82, 2.24) is 0 Å². The first-order valence-corrected chi connectivity index (χ1v) is 7.16. The molecule has 1 amide bonds. The lowest BCUT2D eigenvalue weighted by Crippen LogP contribution is -2.13. The third kappa shape index (κ3) is 3.11. The Morgan fingerprint density at radius 2 is 1.91 bits per heavy atom. The minimum atomic E-state index is -0.392. The molecule has 0 unspecified atom stereocenters. The Morgan fingerprint density at radius 1 is 1.13 bits per heavy atom. The van der Waals surface area contributed by atoms with E-state index in [1.807, 2.05) is 0 Å². The quantitative estimate of drug-likeness (QED) is 0.879. The standard InChI is InChI=1S/C17H15NO5/c1-2-21-17(20)11-6-8-12(9-7-11)18-16(19)13-4-3-5-14-15(13)23-10-22-14/h3-9H,2,10H2,1H3,(H,18,19). The molecule has 0 saturated carbocycles. The summed E-state index contributed by atoms with van der Waals surface area (Å²) in [7, 11) is 0. The molecule has 0 bridgehead atoms. The lowest BCUT2D eigenvalue weighted by Gasteiger charge is -2.08. The molecule has 0 saturated heterocycles. The van der Waals surface area contributed by atoms with E-state index in [1.54, 1.807) is 49.4 Å². The van der Waals surface area contributed by atoms with Crippen molar-refractivity contribution in [2.45, 2.75) is 6.92 Å². The molecule has 6 heteroatoms. The highest BCUT2D eigenvalue weighted by molar-refractivity contribution is 6.07. The van der Waals surface area contributed by atoms with Crippen LogP contribution in [0.25, 0.3) is 0 Å². The normalized spacial score (nSPS) is 11.9. The largest absolute Gasteiger partial charge is 0.462 e. The summed E-state index contributed by atoms with van der Waals surface area (Å²) in [6.45, 7) is 2.17. The Balaban J connectivity index is 1.74. The fourth-order valence-corrected chi connectivity index (χ4v) is 2.21. The van der Waals surface area contributed by atoms with Crippen molar-refractivity contribution in [3.63, 3.8) is 0 Å². The van der Waals surface area contributed by atoms with Gasteiger partial charge in [0, 0.05) is 5.69 Å². The zero-order chi connectivity index (χ0) is 16.2. The van der Waals surface area contributed by atoms with E-state index in [0.29, 0.717) is 34.9 Å². The summed E-state index contributed by atoms with van der Waals surface area (Å²) in [6, 6.07) is 11.6. The van der Waals surface area contributed by atoms with Crippen LogP contribution in [0.4, 0.5) is 5.69 Å². The third-order valence-electron chi connectivity index (χ3n) is 3.30. The molecule has 1 N–H and O–H groups in total. The van der Waals surface area contributed by atoms with Crippen molar-refractivity contribution in [1.29, 1.82) is 0 Å². The van der Waals surface area contributed by atoms with Gasteiger partial charge >= 0.3 is 5.97 Å². The number of benzene rings is 2. The molecule has 0 spiro atoms. The predicted octanol–water partition coefficient (Wildman–Crippen LogP) is 2.84. The van der Waals surface area contributed by atoms with Gasteiger partial charge < -0.3 is 19.5 Å². The Bertz CT molecular complexity index is 739. The molecule has 2 aromatic carbocycles. The minimum Gasteiger partial charge on any atom is -0.462 e. The third-order valence-corrected chi connectivity index (χ3v) is 3.30. The van der Waals surface area contributed by atoms with Gasteiger partial charge in [-0.2, -0.15) is 0 Å². The Kier molecular flexibility index (Phi) is 4.14. The number of fused-ring (bicyclic) bond motifs is 1. The molecule has 0 aromatic heterocycles. The summed E-state index contributed by atoms with van der Waals surface area (Å²) < 4.78 is 15.5. The zero-order valence-corrected chi connectivity index (χ0v) is 12.5. The van der Waals surface area contributed by atoms with Crippen LogP contribution >= 0.6 is 0 Å². The molecule has 1 heterocycles. The molecule has 0 radical (unpaired) electrons. The number of para-hydroxylation sites is 1. The summed E-state index contributed by atoms with van der Waals surface area (Å²) in [5.41, 5.74) is 1.40. The lowest BCUT2D eigenvalue weighted by atomic mass is 10.1. The van der Waals surface area contributed by atoms with E-state index in [2.05, 4.69) is 5.32 Å². The fourth-order valence-electron chi connectivity index (χ4n) is 2.21. The summed E-state index contributed by atoms with van der Waals surface area (Å²) in [6.07, 6.45) is 0. The van der Waals surface area contributed by atoms with Crippen molar-refractivity contribution in [2.75, 3.05) is 18.7 Å². The molecular weight excluding hydrogens is 298 g/mol. The van der Waals surface area contributed by atoms with Crippen molar-refractivity contribution in [3.8, 4) is 11.5 Å². The number of esters is 1. The second kappa shape index (κ2) is 6.39. The van der Waals surface area contributed by atoms with Gasteiger partial charge in [0.2, 0.25) is 6.79 Å². The zero-order valence-electron chi connectivity index (χ0n) is 12.5. The van der Waals surface area contributed by atoms with Crippen LogP contribution in [0.3, 0.4) is 0 Å². The van der Waals surface area contributed by atoms with Crippen LogP contribution in [-0.4, -0.2) is 25.3 Å². The summed E-state index contributed by atoms with van der Waals surface area (Å²) in [5.74, 6) is 0.288. The van der Waals surface area contributed by atoms with Crippen LogP contribution < -0.4 is 14.8 Å². The predicted molar refractivity (Wildman–Crippen MR) is 82.9 cm³/mol. The van der Waals surface area contributed by atoms with Gasteiger partial charge in [-0.15, -0.1) is 0 Å². The fraction of sp³-hybridized carbons (Fsp3) is 0.176. The van der Waals surface area contributed by atoms with Gasteiger partial charge in [0.05, 0.1) is 17.7 Å². The Labute approximate surface area is 133 Å². The molecule has 3 rings (SSSR count). The average Bonchev–Trinajstić information content (AvgIpc) is 3.04. The smallest absolute Gasteiger partial charge is 0.338 e. The number of rotatable bonds is 4. The Morgan fingerprint density at radius 3 is 2.65 bits per heavy atom. The first-order chi connectivity index (χ1) is 11.2. The van der Waals surface area contributed by atoms with Crippen molar-refractivity contribution < 1.29 is 23.8 Å². The van der Waals surface area contributed by atoms with E-state index in [-0.39, 0.29) is 12.7 Å². The number of ether oxygens (including phenoxy) is 3. The number of hydrogen-bond donors (Lipinski definition) is 1. The average molecular weight is 313 g/mol. The van der Waals surface area contributed by atoms with Crippen LogP contribution in [0.5, 0.6) is 11.5 Å². The van der Waals surface area contributed by atoms with E-state index in [4.69, 9.17) is 14.2 Å². The molecule has 0 fully saturated rings. The molecule has 0 atom stereocenters. The summed E-state index contributed by atoms with van der Waals surface area (Å²) in [4.78, 5) is 23.9. The molecule has 1 aliphatic rings. The SMILES string of the molecule is CCOC(=O)c1ccc(NC(=O)c2cccc3c2OCO3)cc1. The number of carbonyl (C=O) groups excluding carboxylic acids is 2. The maximum absolute atomic E-state index is 12.4. The summed E-state index contributed by atoms with van der Waals surface area (Å²) in [5, 5.41) is 2.76.